The Morgan fingerprint density at radius 3 is 2.88 bits per heavy atom. The van der Waals surface area contributed by atoms with Gasteiger partial charge >= 0.3 is 0 Å². The van der Waals surface area contributed by atoms with Crippen molar-refractivity contribution in [3.8, 4) is 22.8 Å². The van der Waals surface area contributed by atoms with Crippen LogP contribution in [-0.4, -0.2) is 36.7 Å². The predicted octanol–water partition coefficient (Wildman–Crippen LogP) is 5.34. The molecule has 8 heteroatoms. The third-order valence-electron chi connectivity index (χ3n) is 6.39. The molecule has 0 saturated heterocycles. The molecule has 4 aromatic heterocycles. The molecule has 0 atom stereocenters. The van der Waals surface area contributed by atoms with E-state index in [-0.39, 0.29) is 5.69 Å². The fraction of sp³-hybridized carbons (Fsp3) is 0.308. The smallest absolute Gasteiger partial charge is 0.161 e. The Balaban J connectivity index is 1.44. The lowest BCUT2D eigenvalue weighted by atomic mass is 10.1. The van der Waals surface area contributed by atoms with E-state index in [4.69, 9.17) is 0 Å². The van der Waals surface area contributed by atoms with Gasteiger partial charge < -0.3 is 10.3 Å². The van der Waals surface area contributed by atoms with Crippen molar-refractivity contribution < 1.29 is 4.39 Å². The maximum Gasteiger partial charge on any atom is 0.161 e. The minimum Gasteiger partial charge on any atom is -0.340 e. The molecule has 174 valence electrons. The maximum atomic E-state index is 15.8. The van der Waals surface area contributed by atoms with Gasteiger partial charge in [0.05, 0.1) is 22.8 Å². The summed E-state index contributed by atoms with van der Waals surface area (Å²) < 4.78 is 15.8. The van der Waals surface area contributed by atoms with Gasteiger partial charge in [-0.3, -0.25) is 15.1 Å². The fourth-order valence-corrected chi connectivity index (χ4v) is 4.60. The topological polar surface area (TPSA) is 95.2 Å². The number of nitrogens with zero attached hydrogens (tertiary/aromatic N) is 4. The molecule has 0 aromatic carbocycles. The summed E-state index contributed by atoms with van der Waals surface area (Å²) in [7, 11) is 0. The average molecular weight is 458 g/mol. The monoisotopic (exact) mass is 457 g/mol. The second-order valence-electron chi connectivity index (χ2n) is 8.84. The van der Waals surface area contributed by atoms with E-state index in [1.54, 1.807) is 24.5 Å². The number of aromatic nitrogens is 6. The summed E-state index contributed by atoms with van der Waals surface area (Å²) in [5, 5.41) is 11.1. The number of halogens is 1. The summed E-state index contributed by atoms with van der Waals surface area (Å²) in [6.45, 7) is 7.30. The molecule has 5 rings (SSSR count). The van der Waals surface area contributed by atoms with E-state index < -0.39 is 5.82 Å². The molecule has 0 amide bonds. The average Bonchev–Trinajstić information content (AvgIpc) is 3.58. The second-order valence-corrected chi connectivity index (χ2v) is 8.84. The standard InChI is InChI=1S/C26H28FN7/c1-3-4-9-20-16(2)31-26(32-20)25-22-21(33-34-25)15-30-24(23(22)27)19-10-18(13-29-14-19)12-28-11-17-7-5-6-8-17/h3-4,9-10,13-15,17,28H,1,5-8,11-12H2,2H3,(H,31,32)(H,33,34)/b9-4-. The lowest BCUT2D eigenvalue weighted by molar-refractivity contribution is 0.489. The van der Waals surface area contributed by atoms with Crippen molar-refractivity contribution in [2.75, 3.05) is 6.54 Å². The molecule has 0 spiro atoms. The molecule has 4 aromatic rings. The van der Waals surface area contributed by atoms with Gasteiger partial charge in [0, 0.05) is 30.2 Å². The summed E-state index contributed by atoms with van der Waals surface area (Å²) in [6, 6.07) is 1.95. The van der Waals surface area contributed by atoms with Crippen LogP contribution in [0.25, 0.3) is 39.8 Å². The summed E-state index contributed by atoms with van der Waals surface area (Å²) in [5.41, 5.74) is 4.43. The lowest BCUT2D eigenvalue weighted by Gasteiger charge is -2.11. The first-order valence-corrected chi connectivity index (χ1v) is 11.7. The van der Waals surface area contributed by atoms with E-state index in [1.807, 2.05) is 25.3 Å². The highest BCUT2D eigenvalue weighted by Gasteiger charge is 2.21. The van der Waals surface area contributed by atoms with E-state index in [1.165, 1.54) is 25.7 Å². The zero-order valence-corrected chi connectivity index (χ0v) is 19.2. The first-order valence-electron chi connectivity index (χ1n) is 11.7. The largest absolute Gasteiger partial charge is 0.340 e. The number of fused-ring (bicyclic) bond motifs is 1. The van der Waals surface area contributed by atoms with Crippen LogP contribution in [0.3, 0.4) is 0 Å². The van der Waals surface area contributed by atoms with Crippen molar-refractivity contribution in [1.29, 1.82) is 0 Å². The molecular formula is C26H28FN7. The number of hydrogen-bond donors (Lipinski definition) is 3. The Bertz CT molecular complexity index is 1340. The zero-order valence-electron chi connectivity index (χ0n) is 19.2. The van der Waals surface area contributed by atoms with Gasteiger partial charge in [-0.05, 0) is 49.9 Å². The van der Waals surface area contributed by atoms with Gasteiger partial charge in [0.2, 0.25) is 0 Å². The van der Waals surface area contributed by atoms with Crippen molar-refractivity contribution in [1.82, 2.24) is 35.5 Å². The third kappa shape index (κ3) is 4.41. The molecule has 1 fully saturated rings. The van der Waals surface area contributed by atoms with Gasteiger partial charge in [0.25, 0.3) is 0 Å². The zero-order chi connectivity index (χ0) is 23.5. The minimum absolute atomic E-state index is 0.246. The minimum atomic E-state index is -0.448. The molecule has 3 N–H and O–H groups in total. The van der Waals surface area contributed by atoms with Crippen LogP contribution in [0, 0.1) is 18.7 Å². The summed E-state index contributed by atoms with van der Waals surface area (Å²) in [5.74, 6) is 0.804. The summed E-state index contributed by atoms with van der Waals surface area (Å²) in [4.78, 5) is 16.5. The Morgan fingerprint density at radius 1 is 1.21 bits per heavy atom. The quantitative estimate of drug-likeness (QED) is 0.311. The van der Waals surface area contributed by atoms with Crippen LogP contribution in [0.4, 0.5) is 4.39 Å². The molecule has 1 saturated carbocycles. The van der Waals surface area contributed by atoms with Crippen LogP contribution in [-0.2, 0) is 6.54 Å². The lowest BCUT2D eigenvalue weighted by Crippen LogP contribution is -2.20. The van der Waals surface area contributed by atoms with Crippen LogP contribution in [0.1, 0.15) is 42.6 Å². The number of rotatable bonds is 8. The predicted molar refractivity (Wildman–Crippen MR) is 132 cm³/mol. The number of H-pyrrole nitrogens is 2. The number of hydrogen-bond acceptors (Lipinski definition) is 5. The molecule has 0 unspecified atom stereocenters. The van der Waals surface area contributed by atoms with Crippen molar-refractivity contribution in [2.45, 2.75) is 39.2 Å². The highest BCUT2D eigenvalue weighted by Crippen LogP contribution is 2.32. The van der Waals surface area contributed by atoms with Gasteiger partial charge in [-0.25, -0.2) is 9.37 Å². The Hall–Kier alpha value is -3.65. The Kier molecular flexibility index (Phi) is 6.31. The van der Waals surface area contributed by atoms with Crippen molar-refractivity contribution >= 4 is 17.0 Å². The summed E-state index contributed by atoms with van der Waals surface area (Å²) in [6.07, 6.45) is 15.7. The van der Waals surface area contributed by atoms with Crippen molar-refractivity contribution in [3.63, 3.8) is 0 Å². The maximum absolute atomic E-state index is 15.8. The van der Waals surface area contributed by atoms with Crippen LogP contribution in [0.15, 0.2) is 43.4 Å². The molecule has 34 heavy (non-hydrogen) atoms. The molecule has 0 radical (unpaired) electrons. The third-order valence-corrected chi connectivity index (χ3v) is 6.39. The van der Waals surface area contributed by atoms with E-state index in [0.29, 0.717) is 34.5 Å². The summed E-state index contributed by atoms with van der Waals surface area (Å²) >= 11 is 0. The Labute approximate surface area is 197 Å². The molecular weight excluding hydrogens is 429 g/mol. The second kappa shape index (κ2) is 9.69. The van der Waals surface area contributed by atoms with Gasteiger partial charge in [-0.1, -0.05) is 31.6 Å². The van der Waals surface area contributed by atoms with Gasteiger partial charge in [0.1, 0.15) is 11.4 Å². The molecule has 1 aliphatic carbocycles. The van der Waals surface area contributed by atoms with Crippen LogP contribution >= 0.6 is 0 Å². The molecule has 0 aliphatic heterocycles. The van der Waals surface area contributed by atoms with Gasteiger partial charge in [-0.2, -0.15) is 5.10 Å². The Morgan fingerprint density at radius 2 is 2.06 bits per heavy atom. The molecule has 0 bridgehead atoms. The van der Waals surface area contributed by atoms with E-state index in [0.717, 1.165) is 29.4 Å². The molecule has 4 heterocycles. The number of pyridine rings is 2. The van der Waals surface area contributed by atoms with Crippen LogP contribution in [0.5, 0.6) is 0 Å². The van der Waals surface area contributed by atoms with E-state index >= 15 is 4.39 Å². The number of allylic oxidation sites excluding steroid dienone is 2. The first kappa shape index (κ1) is 22.2. The number of aryl methyl sites for hydroxylation is 1. The first-order chi connectivity index (χ1) is 16.6. The van der Waals surface area contributed by atoms with Crippen LogP contribution in [0.2, 0.25) is 0 Å². The fourth-order valence-electron chi connectivity index (χ4n) is 4.60. The highest BCUT2D eigenvalue weighted by molar-refractivity contribution is 5.93. The SMILES string of the molecule is C=C/C=C\c1nc(-c2n[nH]c3cnc(-c4cncc(CNCC5CCCC5)c4)c(F)c23)[nH]c1C. The number of imidazole rings is 1. The van der Waals surface area contributed by atoms with Crippen LogP contribution < -0.4 is 5.32 Å². The number of aromatic amines is 2. The van der Waals surface area contributed by atoms with Gasteiger partial charge in [0.15, 0.2) is 11.6 Å². The van der Waals surface area contributed by atoms with E-state index in [9.17, 15) is 0 Å². The number of nitrogens with one attached hydrogen (secondary N) is 3. The van der Waals surface area contributed by atoms with E-state index in [2.05, 4.69) is 42.0 Å². The highest BCUT2D eigenvalue weighted by atomic mass is 19.1. The molecule has 1 aliphatic rings. The van der Waals surface area contributed by atoms with Crippen molar-refractivity contribution in [2.24, 2.45) is 5.92 Å². The molecule has 7 nitrogen and oxygen atoms in total. The van der Waals surface area contributed by atoms with Crippen molar-refractivity contribution in [3.05, 3.63) is 66.2 Å². The normalized spacial score (nSPS) is 14.5. The van der Waals surface area contributed by atoms with Gasteiger partial charge in [-0.15, -0.1) is 0 Å².